The minimum atomic E-state index is 0.340. The van der Waals surface area contributed by atoms with Crippen molar-refractivity contribution in [2.24, 2.45) is 0 Å². The van der Waals surface area contributed by atoms with Gasteiger partial charge in [0, 0.05) is 13.1 Å². The molecule has 0 radical (unpaired) electrons. The van der Waals surface area contributed by atoms with Crippen molar-refractivity contribution >= 4 is 34.1 Å². The summed E-state index contributed by atoms with van der Waals surface area (Å²) in [7, 11) is 0. The Kier molecular flexibility index (Phi) is 3.94. The van der Waals surface area contributed by atoms with E-state index >= 15 is 0 Å². The van der Waals surface area contributed by atoms with Crippen molar-refractivity contribution in [2.75, 3.05) is 36.6 Å². The lowest BCUT2D eigenvalue weighted by molar-refractivity contribution is 0.0385. The molecule has 16 heavy (non-hydrogen) atoms. The van der Waals surface area contributed by atoms with Crippen molar-refractivity contribution in [1.29, 1.82) is 0 Å². The molecule has 1 unspecified atom stereocenters. The van der Waals surface area contributed by atoms with Crippen LogP contribution in [0, 0.1) is 0 Å². The Morgan fingerprint density at radius 3 is 3.19 bits per heavy atom. The highest BCUT2D eigenvalue weighted by Crippen LogP contribution is 2.38. The first kappa shape index (κ1) is 12.0. The summed E-state index contributed by atoms with van der Waals surface area (Å²) in [4.78, 5) is 3.46. The molecule has 1 aliphatic heterocycles. The third kappa shape index (κ3) is 2.28. The number of hydrogen-bond donors (Lipinski definition) is 1. The summed E-state index contributed by atoms with van der Waals surface area (Å²) in [5, 5.41) is 1.20. The van der Waals surface area contributed by atoms with Gasteiger partial charge in [-0.05, 0) is 24.2 Å². The minimum Gasteiger partial charge on any atom is -0.382 e. The molecule has 1 fully saturated rings. The number of nitrogen functional groups attached to an aromatic ring is 1. The summed E-state index contributed by atoms with van der Waals surface area (Å²) in [6, 6.07) is 0. The largest absolute Gasteiger partial charge is 0.382 e. The van der Waals surface area contributed by atoms with Gasteiger partial charge in [0.2, 0.25) is 0 Å². The fourth-order valence-corrected chi connectivity index (χ4v) is 3.55. The maximum absolute atomic E-state index is 5.85. The van der Waals surface area contributed by atoms with Gasteiger partial charge in [0.05, 0.1) is 17.6 Å². The Morgan fingerprint density at radius 1 is 1.69 bits per heavy atom. The molecule has 0 aromatic carbocycles. The predicted molar refractivity (Wildman–Crippen MR) is 70.6 cm³/mol. The van der Waals surface area contributed by atoms with E-state index in [1.165, 1.54) is 16.5 Å². The molecule has 0 saturated carbocycles. The lowest BCUT2D eigenvalue weighted by Gasteiger charge is -2.33. The van der Waals surface area contributed by atoms with Crippen LogP contribution in [-0.2, 0) is 4.74 Å². The second-order valence-corrected chi connectivity index (χ2v) is 5.32. The molecule has 1 aliphatic rings. The van der Waals surface area contributed by atoms with Gasteiger partial charge in [-0.3, -0.25) is 0 Å². The van der Waals surface area contributed by atoms with Gasteiger partial charge >= 0.3 is 0 Å². The highest BCUT2D eigenvalue weighted by atomic mass is 32.2. The third-order valence-corrected chi connectivity index (χ3v) is 4.61. The van der Waals surface area contributed by atoms with Crippen LogP contribution in [0.25, 0.3) is 0 Å². The summed E-state index contributed by atoms with van der Waals surface area (Å²) in [5.41, 5.74) is 5.85. The van der Waals surface area contributed by atoms with E-state index in [2.05, 4.69) is 16.2 Å². The summed E-state index contributed by atoms with van der Waals surface area (Å²) in [6.07, 6.45) is 3.44. The van der Waals surface area contributed by atoms with Crippen LogP contribution >= 0.6 is 23.3 Å². The number of anilines is 2. The smallest absolute Gasteiger partial charge is 0.153 e. The number of aromatic nitrogens is 1. The monoisotopic (exact) mass is 259 g/mol. The summed E-state index contributed by atoms with van der Waals surface area (Å²) >= 11 is 3.17. The molecule has 0 aliphatic carbocycles. The summed E-state index contributed by atoms with van der Waals surface area (Å²) < 4.78 is 9.89. The average Bonchev–Trinajstić information content (AvgIpc) is 2.70. The van der Waals surface area contributed by atoms with Crippen molar-refractivity contribution in [2.45, 2.75) is 24.3 Å². The normalized spacial score (nSPS) is 21.4. The molecule has 6 heteroatoms. The van der Waals surface area contributed by atoms with E-state index in [0.717, 1.165) is 31.0 Å². The number of ether oxygens (including phenoxy) is 1. The average molecular weight is 259 g/mol. The van der Waals surface area contributed by atoms with Crippen LogP contribution in [0.1, 0.15) is 13.3 Å². The predicted octanol–water partition coefficient (Wildman–Crippen LogP) is 2.06. The molecule has 0 spiro atoms. The molecule has 1 aromatic heterocycles. The van der Waals surface area contributed by atoms with E-state index in [0.29, 0.717) is 11.9 Å². The van der Waals surface area contributed by atoms with Gasteiger partial charge in [-0.1, -0.05) is 6.92 Å². The topological polar surface area (TPSA) is 51.4 Å². The molecule has 90 valence electrons. The van der Waals surface area contributed by atoms with Crippen LogP contribution in [0.15, 0.2) is 4.90 Å². The van der Waals surface area contributed by atoms with Crippen molar-refractivity contribution in [3.8, 4) is 0 Å². The molecular formula is C10H17N3OS2. The number of rotatable bonds is 3. The Bertz CT molecular complexity index is 356. The number of thioether (sulfide) groups is 1. The van der Waals surface area contributed by atoms with Crippen LogP contribution < -0.4 is 10.6 Å². The van der Waals surface area contributed by atoms with Crippen molar-refractivity contribution in [1.82, 2.24) is 4.37 Å². The summed E-state index contributed by atoms with van der Waals surface area (Å²) in [5.74, 6) is 0.659. The minimum absolute atomic E-state index is 0.340. The first-order chi connectivity index (χ1) is 7.76. The lowest BCUT2D eigenvalue weighted by Crippen LogP contribution is -2.42. The maximum Gasteiger partial charge on any atom is 0.153 e. The van der Waals surface area contributed by atoms with E-state index in [1.54, 1.807) is 11.8 Å². The molecule has 2 rings (SSSR count). The fourth-order valence-electron chi connectivity index (χ4n) is 1.83. The first-order valence-electron chi connectivity index (χ1n) is 5.42. The van der Waals surface area contributed by atoms with Gasteiger partial charge < -0.3 is 15.4 Å². The molecule has 2 heterocycles. The molecule has 2 N–H and O–H groups in total. The van der Waals surface area contributed by atoms with Crippen LogP contribution in [-0.4, -0.2) is 36.4 Å². The molecular weight excluding hydrogens is 242 g/mol. The van der Waals surface area contributed by atoms with Gasteiger partial charge in [0.1, 0.15) is 5.00 Å². The van der Waals surface area contributed by atoms with Crippen molar-refractivity contribution in [3.05, 3.63) is 0 Å². The number of nitrogens with zero attached hydrogens (tertiary/aromatic N) is 2. The van der Waals surface area contributed by atoms with Crippen molar-refractivity contribution < 1.29 is 4.74 Å². The second kappa shape index (κ2) is 5.25. The Labute approximate surface area is 104 Å². The maximum atomic E-state index is 5.85. The third-order valence-electron chi connectivity index (χ3n) is 2.74. The molecule has 4 nitrogen and oxygen atoms in total. The molecule has 1 saturated heterocycles. The molecule has 1 aromatic rings. The van der Waals surface area contributed by atoms with Crippen LogP contribution in [0.5, 0.6) is 0 Å². The standard InChI is InChI=1S/C10H17N3OS2/c1-3-7-6-13(4-5-14-7)10-8(15-2)9(11)12-16-10/h7H,3-6H2,1-2H3,(H2,11,12). The van der Waals surface area contributed by atoms with E-state index in [4.69, 9.17) is 10.5 Å². The zero-order valence-electron chi connectivity index (χ0n) is 9.60. The highest BCUT2D eigenvalue weighted by molar-refractivity contribution is 7.99. The van der Waals surface area contributed by atoms with E-state index in [1.807, 2.05) is 6.26 Å². The van der Waals surface area contributed by atoms with Gasteiger partial charge in [0.25, 0.3) is 0 Å². The van der Waals surface area contributed by atoms with E-state index in [-0.39, 0.29) is 0 Å². The highest BCUT2D eigenvalue weighted by Gasteiger charge is 2.23. The molecule has 0 amide bonds. The van der Waals surface area contributed by atoms with Gasteiger partial charge in [0.15, 0.2) is 5.82 Å². The van der Waals surface area contributed by atoms with Crippen LogP contribution in [0.3, 0.4) is 0 Å². The Morgan fingerprint density at radius 2 is 2.50 bits per heavy atom. The van der Waals surface area contributed by atoms with Crippen LogP contribution in [0.2, 0.25) is 0 Å². The van der Waals surface area contributed by atoms with Crippen LogP contribution in [0.4, 0.5) is 10.8 Å². The summed E-state index contributed by atoms with van der Waals surface area (Å²) in [6.45, 7) is 4.84. The fraction of sp³-hybridized carbons (Fsp3) is 0.700. The van der Waals surface area contributed by atoms with Gasteiger partial charge in [-0.15, -0.1) is 11.8 Å². The first-order valence-corrected chi connectivity index (χ1v) is 7.41. The quantitative estimate of drug-likeness (QED) is 0.842. The van der Waals surface area contributed by atoms with E-state index < -0.39 is 0 Å². The van der Waals surface area contributed by atoms with Gasteiger partial charge in [-0.2, -0.15) is 4.37 Å². The Balaban J connectivity index is 2.16. The number of hydrogen-bond acceptors (Lipinski definition) is 6. The zero-order valence-corrected chi connectivity index (χ0v) is 11.2. The Hall–Kier alpha value is -0.460. The lowest BCUT2D eigenvalue weighted by atomic mass is 10.2. The van der Waals surface area contributed by atoms with Crippen molar-refractivity contribution in [3.63, 3.8) is 0 Å². The molecule has 1 atom stereocenters. The zero-order chi connectivity index (χ0) is 11.5. The van der Waals surface area contributed by atoms with E-state index in [9.17, 15) is 0 Å². The molecule has 0 bridgehead atoms. The SMILES string of the molecule is CCC1CN(c2snc(N)c2SC)CCO1. The van der Waals surface area contributed by atoms with Gasteiger partial charge in [-0.25, -0.2) is 0 Å². The second-order valence-electron chi connectivity index (χ2n) is 3.75. The number of morpholine rings is 1. The number of nitrogens with two attached hydrogens (primary N) is 1.